The largest absolute Gasteiger partial charge is 0.478 e. The third-order valence-corrected chi connectivity index (χ3v) is 5.14. The average Bonchev–Trinajstić information content (AvgIpc) is 2.42. The number of hydrogen-bond donors (Lipinski definition) is 2. The number of methoxy groups -OCH3 is 2. The number of benzene rings is 1. The van der Waals surface area contributed by atoms with Gasteiger partial charge in [0.2, 0.25) is 0 Å². The first-order valence-corrected chi connectivity index (χ1v) is 8.77. The third-order valence-electron chi connectivity index (χ3n) is 2.36. The predicted molar refractivity (Wildman–Crippen MR) is 103 cm³/mol. The van der Waals surface area contributed by atoms with Gasteiger partial charge < -0.3 is 19.9 Å². The molecule has 2 N–H and O–H groups in total. The number of carbonyl (C=O) groups is 1. The van der Waals surface area contributed by atoms with Crippen LogP contribution >= 0.6 is 67.8 Å². The number of hydrogen-bond acceptors (Lipinski definition) is 6. The van der Waals surface area contributed by atoms with E-state index in [0.717, 1.165) is 12.8 Å². The van der Waals surface area contributed by atoms with Crippen molar-refractivity contribution in [2.45, 2.75) is 6.29 Å². The van der Waals surface area contributed by atoms with Gasteiger partial charge in [-0.05, 0) is 73.8 Å². The van der Waals surface area contributed by atoms with Crippen LogP contribution in [0.25, 0.3) is 0 Å². The second kappa shape index (κ2) is 11.5. The standard InChI is InChI=1S/C11H12I3NO4.CO2/c1-18-7(19-2)4-15-10-6(13)3-5(12)8(9(10)14)11(16)17;2-1-3/h3,7,15H,4H2,1-2H3,(H,16,17);. The molecule has 0 fully saturated rings. The Kier molecular flexibility index (Phi) is 11.5. The van der Waals surface area contributed by atoms with Crippen molar-refractivity contribution in [1.29, 1.82) is 0 Å². The van der Waals surface area contributed by atoms with E-state index in [0.29, 0.717) is 15.7 Å². The summed E-state index contributed by atoms with van der Waals surface area (Å²) >= 11 is 6.25. The van der Waals surface area contributed by atoms with E-state index in [1.54, 1.807) is 14.2 Å². The lowest BCUT2D eigenvalue weighted by Gasteiger charge is -2.18. The molecule has 7 nitrogen and oxygen atoms in total. The maximum Gasteiger partial charge on any atom is 0.373 e. The van der Waals surface area contributed by atoms with E-state index in [-0.39, 0.29) is 12.4 Å². The molecule has 0 radical (unpaired) electrons. The molecule has 0 atom stereocenters. The fourth-order valence-electron chi connectivity index (χ4n) is 1.40. The highest BCUT2D eigenvalue weighted by atomic mass is 127. The first-order chi connectivity index (χ1) is 10.3. The van der Waals surface area contributed by atoms with Gasteiger partial charge in [0.05, 0.1) is 21.4 Å². The van der Waals surface area contributed by atoms with Crippen molar-refractivity contribution in [1.82, 2.24) is 0 Å². The van der Waals surface area contributed by atoms with Crippen LogP contribution < -0.4 is 5.32 Å². The molecule has 1 rings (SSSR count). The zero-order valence-electron chi connectivity index (χ0n) is 11.5. The second-order valence-corrected chi connectivity index (χ2v) is 6.98. The molecule has 122 valence electrons. The molecule has 0 bridgehead atoms. The zero-order chi connectivity index (χ0) is 17.3. The number of nitrogens with one attached hydrogen (secondary N) is 1. The van der Waals surface area contributed by atoms with Crippen molar-refractivity contribution in [3.63, 3.8) is 0 Å². The van der Waals surface area contributed by atoms with Crippen LogP contribution in [-0.2, 0) is 19.1 Å². The number of carbonyl (C=O) groups excluding carboxylic acids is 2. The average molecular weight is 647 g/mol. The van der Waals surface area contributed by atoms with Gasteiger partial charge in [0.1, 0.15) is 0 Å². The van der Waals surface area contributed by atoms with Crippen LogP contribution in [0.1, 0.15) is 10.4 Å². The SMILES string of the molecule is COC(CNc1c(I)cc(I)c(C(=O)O)c1I)OC.O=C=O. The lowest BCUT2D eigenvalue weighted by molar-refractivity contribution is -0.191. The Hall–Kier alpha value is -0.0200. The molecule has 0 spiro atoms. The summed E-state index contributed by atoms with van der Waals surface area (Å²) in [7, 11) is 3.12. The van der Waals surface area contributed by atoms with E-state index >= 15 is 0 Å². The molecule has 0 unspecified atom stereocenters. The van der Waals surface area contributed by atoms with Crippen LogP contribution in [0.4, 0.5) is 5.69 Å². The fourth-order valence-corrected chi connectivity index (χ4v) is 5.61. The van der Waals surface area contributed by atoms with E-state index in [1.165, 1.54) is 0 Å². The highest BCUT2D eigenvalue weighted by Gasteiger charge is 2.19. The molecule has 0 saturated heterocycles. The Morgan fingerprint density at radius 3 is 2.18 bits per heavy atom. The van der Waals surface area contributed by atoms with Gasteiger partial charge in [0.25, 0.3) is 0 Å². The number of aromatic carboxylic acids is 1. The summed E-state index contributed by atoms with van der Waals surface area (Å²) < 4.78 is 12.6. The van der Waals surface area contributed by atoms with Crippen molar-refractivity contribution >= 4 is 85.6 Å². The van der Waals surface area contributed by atoms with Crippen LogP contribution in [0.15, 0.2) is 6.07 Å². The molecule has 10 heteroatoms. The molecule has 0 heterocycles. The van der Waals surface area contributed by atoms with Crippen molar-refractivity contribution in [2.24, 2.45) is 0 Å². The molecule has 0 aliphatic rings. The van der Waals surface area contributed by atoms with Gasteiger partial charge in [-0.1, -0.05) is 0 Å². The maximum absolute atomic E-state index is 11.3. The number of halogens is 3. The minimum Gasteiger partial charge on any atom is -0.478 e. The molecule has 1 aromatic rings. The smallest absolute Gasteiger partial charge is 0.373 e. The van der Waals surface area contributed by atoms with Gasteiger partial charge in [-0.2, -0.15) is 9.59 Å². The lowest BCUT2D eigenvalue weighted by Crippen LogP contribution is -2.24. The molecule has 0 saturated carbocycles. The summed E-state index contributed by atoms with van der Waals surface area (Å²) in [5.41, 5.74) is 1.11. The Labute approximate surface area is 167 Å². The van der Waals surface area contributed by atoms with Gasteiger partial charge >= 0.3 is 12.1 Å². The Balaban J connectivity index is 0.00000135. The van der Waals surface area contributed by atoms with E-state index in [9.17, 15) is 9.90 Å². The molecule has 22 heavy (non-hydrogen) atoms. The fraction of sp³-hybridized carbons (Fsp3) is 0.333. The molecular formula is C12H12I3NO6. The number of carboxylic acid groups (broad SMARTS) is 1. The Morgan fingerprint density at radius 2 is 1.77 bits per heavy atom. The van der Waals surface area contributed by atoms with Gasteiger partial charge in [-0.25, -0.2) is 4.79 Å². The summed E-state index contributed by atoms with van der Waals surface area (Å²) in [4.78, 5) is 27.5. The van der Waals surface area contributed by atoms with Crippen LogP contribution in [0.5, 0.6) is 0 Å². The molecular weight excluding hydrogens is 635 g/mol. The molecule has 0 aliphatic carbocycles. The van der Waals surface area contributed by atoms with Crippen molar-refractivity contribution in [3.05, 3.63) is 22.3 Å². The molecule has 0 aliphatic heterocycles. The summed E-state index contributed by atoms with van der Waals surface area (Å²) in [5, 5.41) is 12.4. The first kappa shape index (κ1) is 22.0. The minimum atomic E-state index is -0.928. The third kappa shape index (κ3) is 6.62. The number of carboxylic acids is 1. The monoisotopic (exact) mass is 647 g/mol. The van der Waals surface area contributed by atoms with Gasteiger partial charge in [0.15, 0.2) is 6.29 Å². The zero-order valence-corrected chi connectivity index (χ0v) is 18.0. The maximum atomic E-state index is 11.3. The van der Waals surface area contributed by atoms with Crippen LogP contribution in [0.3, 0.4) is 0 Å². The van der Waals surface area contributed by atoms with Crippen LogP contribution in [0.2, 0.25) is 0 Å². The minimum absolute atomic E-state index is 0.250. The van der Waals surface area contributed by atoms with Crippen LogP contribution in [0, 0.1) is 10.7 Å². The quantitative estimate of drug-likeness (QED) is 0.362. The Morgan fingerprint density at radius 1 is 1.27 bits per heavy atom. The normalized spacial score (nSPS) is 9.73. The second-order valence-electron chi connectivity index (χ2n) is 3.57. The van der Waals surface area contributed by atoms with E-state index in [2.05, 4.69) is 27.9 Å². The lowest BCUT2D eigenvalue weighted by atomic mass is 10.2. The van der Waals surface area contributed by atoms with E-state index < -0.39 is 5.97 Å². The van der Waals surface area contributed by atoms with Crippen molar-refractivity contribution in [2.75, 3.05) is 26.1 Å². The Bertz CT molecular complexity index is 556. The number of ether oxygens (including phenoxy) is 2. The molecule has 0 amide bonds. The van der Waals surface area contributed by atoms with Gasteiger partial charge in [-0.15, -0.1) is 0 Å². The topological polar surface area (TPSA) is 102 Å². The molecule has 0 aromatic heterocycles. The highest BCUT2D eigenvalue weighted by Crippen LogP contribution is 2.31. The first-order valence-electron chi connectivity index (χ1n) is 5.53. The van der Waals surface area contributed by atoms with E-state index in [4.69, 9.17) is 19.1 Å². The predicted octanol–water partition coefficient (Wildman–Crippen LogP) is 2.65. The van der Waals surface area contributed by atoms with Gasteiger partial charge in [0, 0.05) is 21.4 Å². The van der Waals surface area contributed by atoms with Crippen molar-refractivity contribution < 1.29 is 29.0 Å². The summed E-state index contributed by atoms with van der Waals surface area (Å²) in [6.07, 6.45) is -0.126. The van der Waals surface area contributed by atoms with Crippen molar-refractivity contribution in [3.8, 4) is 0 Å². The van der Waals surface area contributed by atoms with Crippen LogP contribution in [-0.4, -0.2) is 44.3 Å². The summed E-state index contributed by atoms with van der Waals surface area (Å²) in [6.45, 7) is 0.443. The van der Waals surface area contributed by atoms with E-state index in [1.807, 2.05) is 51.2 Å². The molecule has 1 aromatic carbocycles. The highest BCUT2D eigenvalue weighted by molar-refractivity contribution is 14.1. The van der Waals surface area contributed by atoms with Gasteiger partial charge in [-0.3, -0.25) is 0 Å². The summed E-state index contributed by atoms with van der Waals surface area (Å²) in [6, 6.07) is 1.84. The number of rotatable bonds is 6. The summed E-state index contributed by atoms with van der Waals surface area (Å²) in [5.74, 6) is -0.928. The number of anilines is 1.